The molecule has 0 spiro atoms. The van der Waals surface area contributed by atoms with Gasteiger partial charge in [0.15, 0.2) is 11.6 Å². The minimum absolute atomic E-state index is 0. The fourth-order valence-corrected chi connectivity index (χ4v) is 4.52. The topological polar surface area (TPSA) is 176 Å². The second kappa shape index (κ2) is 14.2. The van der Waals surface area contributed by atoms with Crippen LogP contribution in [0, 0.1) is 11.6 Å². The number of anilines is 3. The first-order valence-corrected chi connectivity index (χ1v) is 13.4. The van der Waals surface area contributed by atoms with Crippen molar-refractivity contribution >= 4 is 59.4 Å². The molecule has 3 aromatic heterocycles. The Labute approximate surface area is 248 Å². The predicted molar refractivity (Wildman–Crippen MR) is 164 cm³/mol. The van der Waals surface area contributed by atoms with E-state index in [9.17, 15) is 18.4 Å². The number of benzene rings is 2. The maximum absolute atomic E-state index is 13.6. The molecule has 0 aliphatic carbocycles. The zero-order chi connectivity index (χ0) is 30.4. The average molecular weight is 586 g/mol. The van der Waals surface area contributed by atoms with Crippen LogP contribution in [0.1, 0.15) is 59.1 Å². The fourth-order valence-electron chi connectivity index (χ4n) is 4.52. The molecule has 0 aliphatic rings. The van der Waals surface area contributed by atoms with Crippen LogP contribution in [0.2, 0.25) is 0 Å². The molecule has 0 fully saturated rings. The quantitative estimate of drug-likeness (QED) is 0.0800. The Morgan fingerprint density at radius 3 is 2.16 bits per heavy atom. The van der Waals surface area contributed by atoms with Gasteiger partial charge in [0.25, 0.3) is 0 Å². The molecule has 0 saturated heterocycles. The van der Waals surface area contributed by atoms with E-state index in [1.165, 1.54) is 24.3 Å². The van der Waals surface area contributed by atoms with Gasteiger partial charge < -0.3 is 26.9 Å². The van der Waals surface area contributed by atoms with Crippen molar-refractivity contribution in [3.63, 3.8) is 0 Å². The van der Waals surface area contributed by atoms with Crippen LogP contribution in [-0.2, 0) is 13.0 Å². The Morgan fingerprint density at radius 1 is 0.884 bits per heavy atom. The number of aromatic carboxylic acids is 1. The number of unbranched alkanes of at least 4 members (excludes halogenated alkanes) is 2. The van der Waals surface area contributed by atoms with E-state index < -0.39 is 17.6 Å². The Balaban J connectivity index is 0.000000357. The molecule has 0 atom stereocenters. The molecule has 3 heterocycles. The van der Waals surface area contributed by atoms with Crippen molar-refractivity contribution in [1.82, 2.24) is 19.5 Å². The number of nitrogens with two attached hydrogens (primary N) is 3. The number of carboxylic acids is 1. The van der Waals surface area contributed by atoms with E-state index in [1.54, 1.807) is 12.3 Å². The van der Waals surface area contributed by atoms with Gasteiger partial charge in [-0.15, -0.1) is 0 Å². The molecule has 0 aliphatic heterocycles. The first kappa shape index (κ1) is 32.4. The molecule has 0 bridgehead atoms. The molecule has 2 aromatic carbocycles. The average Bonchev–Trinajstić information content (AvgIpc) is 3.35. The molecule has 221 valence electrons. The van der Waals surface area contributed by atoms with Crippen LogP contribution >= 0.6 is 0 Å². The number of nitrogen functional groups attached to an aromatic ring is 3. The molecule has 43 heavy (non-hydrogen) atoms. The largest absolute Gasteiger partial charge is 0.478 e. The minimum Gasteiger partial charge on any atom is -0.478 e. The van der Waals surface area contributed by atoms with E-state index in [-0.39, 0.29) is 31.1 Å². The molecular formula is C30H31BF2N7O3. The highest BCUT2D eigenvalue weighted by Crippen LogP contribution is 2.28. The Hall–Kier alpha value is -5.07. The van der Waals surface area contributed by atoms with Crippen LogP contribution in [0.5, 0.6) is 0 Å². The van der Waals surface area contributed by atoms with Crippen LogP contribution in [-0.4, -0.2) is 44.8 Å². The van der Waals surface area contributed by atoms with Crippen molar-refractivity contribution in [3.8, 4) is 0 Å². The van der Waals surface area contributed by atoms with E-state index in [4.69, 9.17) is 27.3 Å². The highest BCUT2D eigenvalue weighted by Gasteiger charge is 2.17. The van der Waals surface area contributed by atoms with E-state index in [2.05, 4.69) is 21.5 Å². The van der Waals surface area contributed by atoms with Gasteiger partial charge >= 0.3 is 5.97 Å². The molecular weight excluding hydrogens is 555 g/mol. The van der Waals surface area contributed by atoms with E-state index in [0.717, 1.165) is 60.7 Å². The normalized spacial score (nSPS) is 10.7. The van der Waals surface area contributed by atoms with Crippen molar-refractivity contribution in [2.45, 2.75) is 45.6 Å². The number of aromatic nitrogens is 4. The van der Waals surface area contributed by atoms with Crippen LogP contribution in [0.3, 0.4) is 0 Å². The van der Waals surface area contributed by atoms with Gasteiger partial charge in [0.05, 0.1) is 22.5 Å². The molecule has 5 aromatic rings. The summed E-state index contributed by atoms with van der Waals surface area (Å²) in [6, 6.07) is 11.3. The number of ketones is 1. The maximum Gasteiger partial charge on any atom is 0.335 e. The first-order chi connectivity index (χ1) is 20.1. The van der Waals surface area contributed by atoms with Crippen molar-refractivity contribution in [1.29, 1.82) is 0 Å². The van der Waals surface area contributed by atoms with Gasteiger partial charge in [-0.3, -0.25) is 9.78 Å². The number of imidazole rings is 1. The second-order valence-corrected chi connectivity index (χ2v) is 9.61. The van der Waals surface area contributed by atoms with Crippen LogP contribution in [0.15, 0.2) is 54.7 Å². The molecule has 7 N–H and O–H groups in total. The number of hydrogen-bond donors (Lipinski definition) is 4. The number of pyridine rings is 2. The number of carbonyl (C=O) groups excluding carboxylic acids is 1. The smallest absolute Gasteiger partial charge is 0.335 e. The summed E-state index contributed by atoms with van der Waals surface area (Å²) in [6.07, 6.45) is 5.34. The summed E-state index contributed by atoms with van der Waals surface area (Å²) in [5.74, 6) is -1.15. The molecule has 0 saturated carbocycles. The summed E-state index contributed by atoms with van der Waals surface area (Å²) in [7, 11) is 0. The number of fused-ring (bicyclic) bond motifs is 3. The molecule has 10 nitrogen and oxygen atoms in total. The Bertz CT molecular complexity index is 1780. The summed E-state index contributed by atoms with van der Waals surface area (Å²) in [5.41, 5.74) is 20.1. The highest BCUT2D eigenvalue weighted by atomic mass is 19.1. The molecule has 5 rings (SSSR count). The zero-order valence-electron chi connectivity index (χ0n) is 23.6. The third kappa shape index (κ3) is 7.42. The molecule has 0 unspecified atom stereocenters. The molecule has 3 radical (unpaired) electrons. The maximum atomic E-state index is 13.6. The SMILES string of the molecule is CCc1nc2c(N)nc3cccnc3c2n1CCCCCC(=O)c1ccc(N)c(F)c1.Nc1ccc(C(=O)O)cc1F.[B]. The molecule has 13 heteroatoms. The number of hydrogen-bond acceptors (Lipinski definition) is 8. The number of Topliss-reactive ketones (excluding diaryl/α,β-unsaturated/α-hetero) is 1. The third-order valence-electron chi connectivity index (χ3n) is 6.71. The number of carbonyl (C=O) groups is 2. The third-order valence-corrected chi connectivity index (χ3v) is 6.71. The lowest BCUT2D eigenvalue weighted by atomic mass is 10.0. The van der Waals surface area contributed by atoms with Crippen molar-refractivity contribution in [2.75, 3.05) is 17.2 Å². The van der Waals surface area contributed by atoms with Crippen molar-refractivity contribution in [2.24, 2.45) is 0 Å². The number of rotatable bonds is 9. The minimum atomic E-state index is -1.16. The summed E-state index contributed by atoms with van der Waals surface area (Å²) < 4.78 is 28.3. The van der Waals surface area contributed by atoms with Gasteiger partial charge in [-0.1, -0.05) is 13.3 Å². The summed E-state index contributed by atoms with van der Waals surface area (Å²) in [4.78, 5) is 36.2. The number of halogens is 2. The van der Waals surface area contributed by atoms with Gasteiger partial charge in [0, 0.05) is 39.6 Å². The monoisotopic (exact) mass is 586 g/mol. The van der Waals surface area contributed by atoms with Crippen LogP contribution < -0.4 is 17.2 Å². The van der Waals surface area contributed by atoms with Gasteiger partial charge in [0.2, 0.25) is 0 Å². The van der Waals surface area contributed by atoms with Gasteiger partial charge in [-0.2, -0.15) is 0 Å². The van der Waals surface area contributed by atoms with Gasteiger partial charge in [-0.25, -0.2) is 23.5 Å². The zero-order valence-corrected chi connectivity index (χ0v) is 23.6. The summed E-state index contributed by atoms with van der Waals surface area (Å²) >= 11 is 0. The van der Waals surface area contributed by atoms with Crippen molar-refractivity contribution < 1.29 is 23.5 Å². The lowest BCUT2D eigenvalue weighted by molar-refractivity contribution is 0.0696. The standard InChI is InChI=1S/C23H25FN6O.C7H6FNO2.B/c1-2-19-29-21-22(20-17(28-23(21)26)7-6-11-27-20)30(19)12-5-3-4-8-18(31)14-9-10-16(25)15(24)13-14;8-5-3-4(7(10)11)1-2-6(5)9;/h6-7,9-11,13H,2-5,8,12,25H2,1H3,(H2,26,28);1-3H,9H2,(H,10,11);. The van der Waals surface area contributed by atoms with Gasteiger partial charge in [-0.05, 0) is 61.4 Å². The summed E-state index contributed by atoms with van der Waals surface area (Å²) in [6.45, 7) is 2.81. The lowest BCUT2D eigenvalue weighted by Crippen LogP contribution is -2.05. The first-order valence-electron chi connectivity index (χ1n) is 13.4. The Kier molecular flexibility index (Phi) is 10.7. The van der Waals surface area contributed by atoms with Crippen molar-refractivity contribution in [3.05, 3.63) is 83.3 Å². The van der Waals surface area contributed by atoms with E-state index in [1.807, 2.05) is 12.1 Å². The highest BCUT2D eigenvalue weighted by molar-refractivity contribution is 6.04. The van der Waals surface area contributed by atoms with E-state index in [0.29, 0.717) is 23.3 Å². The van der Waals surface area contributed by atoms with E-state index >= 15 is 0 Å². The van der Waals surface area contributed by atoms with Crippen LogP contribution in [0.25, 0.3) is 22.1 Å². The summed E-state index contributed by atoms with van der Waals surface area (Å²) in [5, 5.41) is 8.39. The number of nitrogens with zero attached hydrogens (tertiary/aromatic N) is 4. The Morgan fingerprint density at radius 2 is 1.53 bits per heavy atom. The number of carboxylic acid groups (broad SMARTS) is 1. The number of aryl methyl sites for hydroxylation is 2. The fraction of sp³-hybridized carbons (Fsp3) is 0.233. The van der Waals surface area contributed by atoms with Crippen LogP contribution in [0.4, 0.5) is 26.0 Å². The lowest BCUT2D eigenvalue weighted by Gasteiger charge is -2.10. The predicted octanol–water partition coefficient (Wildman–Crippen LogP) is 5.01. The molecule has 0 amide bonds. The second-order valence-electron chi connectivity index (χ2n) is 9.61. The van der Waals surface area contributed by atoms with Gasteiger partial charge in [0.1, 0.15) is 34.0 Å².